The first-order valence-electron chi connectivity index (χ1n) is 6.40. The van der Waals surface area contributed by atoms with Crippen LogP contribution in [0.3, 0.4) is 0 Å². The van der Waals surface area contributed by atoms with Crippen LogP contribution in [-0.4, -0.2) is 75.7 Å². The number of carbonyl (C=O) groups excluding carboxylic acids is 1. The Hall–Kier alpha value is -0.650. The second kappa shape index (κ2) is 8.44. The molecule has 0 aromatic heterocycles. The average Bonchev–Trinajstić information content (AvgIpc) is 2.37. The summed E-state index contributed by atoms with van der Waals surface area (Å²) in [5, 5.41) is 3.25. The lowest BCUT2D eigenvalue weighted by Gasteiger charge is -2.28. The number of carbonyl (C=O) groups is 1. The molecular formula is C12H25N3O2. The van der Waals surface area contributed by atoms with Crippen molar-refractivity contribution < 1.29 is 9.53 Å². The Morgan fingerprint density at radius 3 is 2.71 bits per heavy atom. The minimum atomic E-state index is 0.282. The Balaban J connectivity index is 2.09. The van der Waals surface area contributed by atoms with Crippen molar-refractivity contribution >= 4 is 5.91 Å². The second-order valence-corrected chi connectivity index (χ2v) is 4.53. The Bertz CT molecular complexity index is 218. The fourth-order valence-electron chi connectivity index (χ4n) is 1.95. The molecule has 1 heterocycles. The fourth-order valence-corrected chi connectivity index (χ4v) is 1.95. The van der Waals surface area contributed by atoms with Gasteiger partial charge >= 0.3 is 0 Å². The maximum Gasteiger partial charge on any atom is 0.223 e. The zero-order chi connectivity index (χ0) is 12.5. The van der Waals surface area contributed by atoms with Crippen molar-refractivity contribution in [3.05, 3.63) is 0 Å². The Morgan fingerprint density at radius 1 is 1.35 bits per heavy atom. The molecule has 0 aromatic rings. The van der Waals surface area contributed by atoms with Crippen LogP contribution in [0.2, 0.25) is 0 Å². The number of hydrogen-bond acceptors (Lipinski definition) is 4. The SMILES string of the molecule is COCCCN(C)CCC(=O)N1CCNCC1. The summed E-state index contributed by atoms with van der Waals surface area (Å²) < 4.78 is 5.00. The Labute approximate surface area is 104 Å². The van der Waals surface area contributed by atoms with Gasteiger partial charge in [0.2, 0.25) is 5.91 Å². The van der Waals surface area contributed by atoms with Crippen LogP contribution in [0.4, 0.5) is 0 Å². The lowest BCUT2D eigenvalue weighted by molar-refractivity contribution is -0.132. The lowest BCUT2D eigenvalue weighted by atomic mass is 10.3. The molecule has 1 fully saturated rings. The van der Waals surface area contributed by atoms with Crippen molar-refractivity contribution in [1.29, 1.82) is 0 Å². The third-order valence-corrected chi connectivity index (χ3v) is 3.07. The molecule has 0 radical (unpaired) electrons. The molecule has 1 N–H and O–H groups in total. The van der Waals surface area contributed by atoms with Crippen molar-refractivity contribution in [1.82, 2.24) is 15.1 Å². The summed E-state index contributed by atoms with van der Waals surface area (Å²) in [6.45, 7) is 6.18. The molecular weight excluding hydrogens is 218 g/mol. The number of piperazine rings is 1. The van der Waals surface area contributed by atoms with E-state index in [4.69, 9.17) is 4.74 Å². The van der Waals surface area contributed by atoms with Gasteiger partial charge in [0.15, 0.2) is 0 Å². The molecule has 1 rings (SSSR count). The maximum atomic E-state index is 11.9. The van der Waals surface area contributed by atoms with Crippen molar-refractivity contribution in [3.63, 3.8) is 0 Å². The van der Waals surface area contributed by atoms with Crippen molar-refractivity contribution in [3.8, 4) is 0 Å². The maximum absolute atomic E-state index is 11.9. The highest BCUT2D eigenvalue weighted by Crippen LogP contribution is 1.99. The van der Waals surface area contributed by atoms with Crippen LogP contribution in [0, 0.1) is 0 Å². The largest absolute Gasteiger partial charge is 0.385 e. The Kier molecular flexibility index (Phi) is 7.16. The van der Waals surface area contributed by atoms with E-state index in [9.17, 15) is 4.79 Å². The van der Waals surface area contributed by atoms with Gasteiger partial charge in [-0.25, -0.2) is 0 Å². The molecule has 0 spiro atoms. The average molecular weight is 243 g/mol. The molecule has 1 aliphatic rings. The number of amides is 1. The summed E-state index contributed by atoms with van der Waals surface area (Å²) in [7, 11) is 3.77. The van der Waals surface area contributed by atoms with Crippen molar-refractivity contribution in [2.24, 2.45) is 0 Å². The van der Waals surface area contributed by atoms with Gasteiger partial charge in [0.25, 0.3) is 0 Å². The van der Waals surface area contributed by atoms with Gasteiger partial charge in [-0.2, -0.15) is 0 Å². The van der Waals surface area contributed by atoms with Gasteiger partial charge < -0.3 is 19.9 Å². The minimum Gasteiger partial charge on any atom is -0.385 e. The molecule has 100 valence electrons. The smallest absolute Gasteiger partial charge is 0.223 e. The lowest BCUT2D eigenvalue weighted by Crippen LogP contribution is -2.47. The van der Waals surface area contributed by atoms with Gasteiger partial charge in [-0.15, -0.1) is 0 Å². The van der Waals surface area contributed by atoms with Crippen LogP contribution in [0.15, 0.2) is 0 Å². The number of nitrogens with one attached hydrogen (secondary N) is 1. The van der Waals surface area contributed by atoms with E-state index >= 15 is 0 Å². The zero-order valence-electron chi connectivity index (χ0n) is 11.1. The summed E-state index contributed by atoms with van der Waals surface area (Å²) in [6, 6.07) is 0. The van der Waals surface area contributed by atoms with Crippen LogP contribution in [0.5, 0.6) is 0 Å². The normalized spacial score (nSPS) is 16.5. The highest BCUT2D eigenvalue weighted by molar-refractivity contribution is 5.76. The second-order valence-electron chi connectivity index (χ2n) is 4.53. The first-order chi connectivity index (χ1) is 8.24. The molecule has 0 aromatic carbocycles. The van der Waals surface area contributed by atoms with E-state index < -0.39 is 0 Å². The molecule has 0 saturated carbocycles. The summed E-state index contributed by atoms with van der Waals surface area (Å²) >= 11 is 0. The molecule has 0 atom stereocenters. The third kappa shape index (κ3) is 6.00. The molecule has 5 heteroatoms. The van der Waals surface area contributed by atoms with E-state index in [1.54, 1.807) is 7.11 Å². The van der Waals surface area contributed by atoms with Gasteiger partial charge in [0, 0.05) is 59.4 Å². The molecule has 0 aliphatic carbocycles. The molecule has 1 amide bonds. The van der Waals surface area contributed by atoms with Crippen LogP contribution in [0.25, 0.3) is 0 Å². The van der Waals surface area contributed by atoms with Crippen LogP contribution < -0.4 is 5.32 Å². The van der Waals surface area contributed by atoms with Crippen molar-refractivity contribution in [2.45, 2.75) is 12.8 Å². The molecule has 0 bridgehead atoms. The zero-order valence-corrected chi connectivity index (χ0v) is 11.1. The number of methoxy groups -OCH3 is 1. The van der Waals surface area contributed by atoms with E-state index in [0.717, 1.165) is 52.3 Å². The van der Waals surface area contributed by atoms with Gasteiger partial charge in [0.05, 0.1) is 0 Å². The van der Waals surface area contributed by atoms with Gasteiger partial charge in [-0.05, 0) is 13.5 Å². The van der Waals surface area contributed by atoms with Gasteiger partial charge in [-0.1, -0.05) is 0 Å². The van der Waals surface area contributed by atoms with E-state index in [1.165, 1.54) is 0 Å². The molecule has 17 heavy (non-hydrogen) atoms. The first-order valence-corrected chi connectivity index (χ1v) is 6.40. The van der Waals surface area contributed by atoms with E-state index in [2.05, 4.69) is 17.3 Å². The predicted octanol–water partition coefficient (Wildman–Crippen LogP) is -0.223. The van der Waals surface area contributed by atoms with Crippen LogP contribution in [0.1, 0.15) is 12.8 Å². The molecule has 5 nitrogen and oxygen atoms in total. The van der Waals surface area contributed by atoms with Gasteiger partial charge in [0.1, 0.15) is 0 Å². The topological polar surface area (TPSA) is 44.8 Å². The third-order valence-electron chi connectivity index (χ3n) is 3.07. The fraction of sp³-hybridized carbons (Fsp3) is 0.917. The quantitative estimate of drug-likeness (QED) is 0.628. The van der Waals surface area contributed by atoms with Gasteiger partial charge in [-0.3, -0.25) is 4.79 Å². The summed E-state index contributed by atoms with van der Waals surface area (Å²) in [6.07, 6.45) is 1.65. The standard InChI is InChI=1S/C12H25N3O2/c1-14(7-3-11-17-2)8-4-12(16)15-9-5-13-6-10-15/h13H,3-11H2,1-2H3. The minimum absolute atomic E-state index is 0.282. The number of nitrogens with zero attached hydrogens (tertiary/aromatic N) is 2. The number of rotatable bonds is 7. The summed E-state index contributed by atoms with van der Waals surface area (Å²) in [5.74, 6) is 0.282. The monoisotopic (exact) mass is 243 g/mol. The molecule has 1 aliphatic heterocycles. The highest BCUT2D eigenvalue weighted by atomic mass is 16.5. The first kappa shape index (κ1) is 14.4. The molecule has 1 saturated heterocycles. The highest BCUT2D eigenvalue weighted by Gasteiger charge is 2.15. The summed E-state index contributed by atoms with van der Waals surface area (Å²) in [5.41, 5.74) is 0. The Morgan fingerprint density at radius 2 is 2.06 bits per heavy atom. The van der Waals surface area contributed by atoms with E-state index in [0.29, 0.717) is 6.42 Å². The van der Waals surface area contributed by atoms with Crippen LogP contribution >= 0.6 is 0 Å². The van der Waals surface area contributed by atoms with E-state index in [1.807, 2.05) is 4.90 Å². The van der Waals surface area contributed by atoms with Crippen molar-refractivity contribution in [2.75, 3.05) is 60.0 Å². The number of hydrogen-bond donors (Lipinski definition) is 1. The summed E-state index contributed by atoms with van der Waals surface area (Å²) in [4.78, 5) is 16.0. The van der Waals surface area contributed by atoms with E-state index in [-0.39, 0.29) is 5.91 Å². The number of ether oxygens (including phenoxy) is 1. The molecule has 0 unspecified atom stereocenters. The predicted molar refractivity (Wildman–Crippen MR) is 68.1 cm³/mol. The van der Waals surface area contributed by atoms with Crippen LogP contribution in [-0.2, 0) is 9.53 Å².